The minimum Gasteiger partial charge on any atom is -0.508 e. The molecule has 0 spiro atoms. The quantitative estimate of drug-likeness (QED) is 0.810. The smallest absolute Gasteiger partial charge is 0.115 e. The summed E-state index contributed by atoms with van der Waals surface area (Å²) in [5.41, 5.74) is 1.31. The number of hydrogen-bond acceptors (Lipinski definition) is 3. The van der Waals surface area contributed by atoms with Gasteiger partial charge < -0.3 is 15.3 Å². The van der Waals surface area contributed by atoms with Crippen LogP contribution in [0.3, 0.4) is 0 Å². The van der Waals surface area contributed by atoms with Gasteiger partial charge in [0.05, 0.1) is 0 Å². The molecule has 21 heavy (non-hydrogen) atoms. The highest BCUT2D eigenvalue weighted by Gasteiger charge is 2.34. The molecule has 1 aromatic carbocycles. The van der Waals surface area contributed by atoms with E-state index >= 15 is 0 Å². The Bertz CT molecular complexity index is 441. The maximum atomic E-state index is 9.29. The molecule has 2 atom stereocenters. The van der Waals surface area contributed by atoms with Crippen LogP contribution in [-0.2, 0) is 6.42 Å². The van der Waals surface area contributed by atoms with Gasteiger partial charge in [-0.1, -0.05) is 12.1 Å². The van der Waals surface area contributed by atoms with Crippen LogP contribution in [0.1, 0.15) is 38.2 Å². The van der Waals surface area contributed by atoms with E-state index in [4.69, 9.17) is 0 Å². The second-order valence-corrected chi connectivity index (χ2v) is 6.90. The van der Waals surface area contributed by atoms with E-state index in [0.717, 1.165) is 24.8 Å². The van der Waals surface area contributed by atoms with Gasteiger partial charge in [0.1, 0.15) is 5.75 Å². The minimum atomic E-state index is 0.353. The van der Waals surface area contributed by atoms with Gasteiger partial charge >= 0.3 is 0 Å². The van der Waals surface area contributed by atoms with E-state index in [-0.39, 0.29) is 0 Å². The fraction of sp³-hybridized carbons (Fsp3) is 0.667. The molecule has 2 N–H and O–H groups in total. The molecule has 1 aromatic rings. The number of benzene rings is 1. The maximum Gasteiger partial charge on any atom is 0.115 e. The lowest BCUT2D eigenvalue weighted by Gasteiger charge is -2.18. The molecule has 1 heterocycles. The third kappa shape index (κ3) is 4.45. The molecule has 1 saturated heterocycles. The molecule has 1 aliphatic carbocycles. The molecule has 1 aliphatic heterocycles. The Labute approximate surface area is 128 Å². The fourth-order valence-electron chi connectivity index (χ4n) is 3.32. The number of aromatic hydroxyl groups is 1. The van der Waals surface area contributed by atoms with E-state index in [0.29, 0.717) is 11.8 Å². The third-order valence-electron chi connectivity index (χ3n) is 4.94. The second kappa shape index (κ2) is 6.80. The summed E-state index contributed by atoms with van der Waals surface area (Å²) in [4.78, 5) is 2.69. The van der Waals surface area contributed by atoms with Crippen molar-refractivity contribution in [2.45, 2.75) is 51.1 Å². The van der Waals surface area contributed by atoms with Crippen molar-refractivity contribution in [3.8, 4) is 5.75 Å². The Morgan fingerprint density at radius 3 is 2.71 bits per heavy atom. The molecule has 0 radical (unpaired) electrons. The molecule has 2 fully saturated rings. The Kier molecular flexibility index (Phi) is 4.81. The molecule has 116 valence electrons. The average molecular weight is 288 g/mol. The molecular weight excluding hydrogens is 260 g/mol. The van der Waals surface area contributed by atoms with E-state index < -0.39 is 0 Å². The Balaban J connectivity index is 1.32. The first-order valence-corrected chi connectivity index (χ1v) is 8.46. The predicted molar refractivity (Wildman–Crippen MR) is 86.6 cm³/mol. The molecule has 0 amide bonds. The zero-order valence-electron chi connectivity index (χ0n) is 13.1. The van der Waals surface area contributed by atoms with Crippen molar-refractivity contribution in [1.82, 2.24) is 10.2 Å². The van der Waals surface area contributed by atoms with Crippen LogP contribution >= 0.6 is 0 Å². The van der Waals surface area contributed by atoms with Crippen LogP contribution < -0.4 is 5.32 Å². The van der Waals surface area contributed by atoms with E-state index in [1.165, 1.54) is 44.5 Å². The number of phenolic OH excluding ortho intramolecular Hbond substituents is 1. The van der Waals surface area contributed by atoms with Crippen molar-refractivity contribution in [3.63, 3.8) is 0 Å². The first kappa shape index (κ1) is 14.9. The van der Waals surface area contributed by atoms with Crippen LogP contribution in [0, 0.1) is 5.92 Å². The third-order valence-corrected chi connectivity index (χ3v) is 4.94. The zero-order chi connectivity index (χ0) is 14.7. The van der Waals surface area contributed by atoms with Gasteiger partial charge in [-0.3, -0.25) is 0 Å². The van der Waals surface area contributed by atoms with Crippen molar-refractivity contribution in [2.75, 3.05) is 19.6 Å². The van der Waals surface area contributed by atoms with Gasteiger partial charge in [-0.15, -0.1) is 0 Å². The molecule has 3 heteroatoms. The van der Waals surface area contributed by atoms with Gasteiger partial charge in [0, 0.05) is 18.6 Å². The summed E-state index contributed by atoms with van der Waals surface area (Å²) in [7, 11) is 0. The van der Waals surface area contributed by atoms with Crippen LogP contribution in [0.2, 0.25) is 0 Å². The lowest BCUT2D eigenvalue weighted by molar-refractivity contribution is 0.309. The van der Waals surface area contributed by atoms with Crippen molar-refractivity contribution in [1.29, 1.82) is 0 Å². The number of nitrogens with one attached hydrogen (secondary N) is 1. The highest BCUT2D eigenvalue weighted by molar-refractivity contribution is 5.25. The van der Waals surface area contributed by atoms with Gasteiger partial charge in [-0.05, 0) is 75.7 Å². The summed E-state index contributed by atoms with van der Waals surface area (Å²) in [6.45, 7) is 6.08. The summed E-state index contributed by atoms with van der Waals surface area (Å²) < 4.78 is 0. The highest BCUT2D eigenvalue weighted by atomic mass is 16.3. The normalized spacial score (nSPS) is 24.3. The van der Waals surface area contributed by atoms with Crippen LogP contribution in [0.5, 0.6) is 5.75 Å². The number of hydrogen-bond donors (Lipinski definition) is 2. The lowest BCUT2D eigenvalue weighted by atomic mass is 10.0. The highest BCUT2D eigenvalue weighted by Crippen LogP contribution is 2.31. The summed E-state index contributed by atoms with van der Waals surface area (Å²) in [5, 5.41) is 13.0. The molecule has 0 aromatic heterocycles. The Morgan fingerprint density at radius 1 is 1.24 bits per heavy atom. The van der Waals surface area contributed by atoms with Crippen molar-refractivity contribution in [3.05, 3.63) is 29.8 Å². The first-order chi connectivity index (χ1) is 10.2. The van der Waals surface area contributed by atoms with Crippen LogP contribution in [-0.4, -0.2) is 41.7 Å². The number of nitrogens with zero attached hydrogens (tertiary/aromatic N) is 1. The van der Waals surface area contributed by atoms with Gasteiger partial charge in [0.15, 0.2) is 0 Å². The van der Waals surface area contributed by atoms with Gasteiger partial charge in [-0.2, -0.15) is 0 Å². The topological polar surface area (TPSA) is 35.5 Å². The summed E-state index contributed by atoms with van der Waals surface area (Å²) in [6.07, 6.45) is 6.47. The van der Waals surface area contributed by atoms with E-state index in [1.54, 1.807) is 12.1 Å². The van der Waals surface area contributed by atoms with Gasteiger partial charge in [0.25, 0.3) is 0 Å². The van der Waals surface area contributed by atoms with Gasteiger partial charge in [-0.25, -0.2) is 0 Å². The van der Waals surface area contributed by atoms with Crippen LogP contribution in [0.25, 0.3) is 0 Å². The van der Waals surface area contributed by atoms with Gasteiger partial charge in [0.2, 0.25) is 0 Å². The van der Waals surface area contributed by atoms with Crippen molar-refractivity contribution in [2.24, 2.45) is 5.92 Å². The molecular formula is C18H28N2O. The maximum absolute atomic E-state index is 9.29. The van der Waals surface area contributed by atoms with Crippen molar-refractivity contribution < 1.29 is 5.11 Å². The van der Waals surface area contributed by atoms with E-state index in [1.807, 2.05) is 12.1 Å². The molecule has 1 saturated carbocycles. The molecule has 2 aliphatic rings. The SMILES string of the molecule is CC(CCc1ccc(O)cc1)NCC1CCN(C2CC2)C1. The van der Waals surface area contributed by atoms with Crippen LogP contribution in [0.15, 0.2) is 24.3 Å². The standard InChI is InChI=1S/C18H28N2O/c1-14(2-3-15-4-8-18(21)9-5-15)19-12-16-10-11-20(13-16)17-6-7-17/h4-5,8-9,14,16-17,19,21H,2-3,6-7,10-13H2,1H3. The average Bonchev–Trinajstić information content (AvgIpc) is 3.23. The second-order valence-electron chi connectivity index (χ2n) is 6.90. The predicted octanol–water partition coefficient (Wildman–Crippen LogP) is 2.79. The van der Waals surface area contributed by atoms with Crippen molar-refractivity contribution >= 4 is 0 Å². The fourth-order valence-corrected chi connectivity index (χ4v) is 3.32. The molecule has 2 unspecified atom stereocenters. The monoisotopic (exact) mass is 288 g/mol. The Hall–Kier alpha value is -1.06. The molecule has 3 rings (SSSR count). The number of rotatable bonds is 7. The number of likely N-dealkylation sites (tertiary alicyclic amines) is 1. The van der Waals surface area contributed by atoms with Crippen LogP contribution in [0.4, 0.5) is 0 Å². The summed E-state index contributed by atoms with van der Waals surface area (Å²) >= 11 is 0. The van der Waals surface area contributed by atoms with E-state index in [9.17, 15) is 5.11 Å². The summed E-state index contributed by atoms with van der Waals surface area (Å²) in [5.74, 6) is 1.20. The molecule has 0 bridgehead atoms. The largest absolute Gasteiger partial charge is 0.508 e. The minimum absolute atomic E-state index is 0.353. The number of aryl methyl sites for hydroxylation is 1. The Morgan fingerprint density at radius 2 is 2.00 bits per heavy atom. The summed E-state index contributed by atoms with van der Waals surface area (Å²) in [6, 6.07) is 9.09. The first-order valence-electron chi connectivity index (χ1n) is 8.46. The van der Waals surface area contributed by atoms with E-state index in [2.05, 4.69) is 17.1 Å². The zero-order valence-corrected chi connectivity index (χ0v) is 13.1. The molecule has 3 nitrogen and oxygen atoms in total. The lowest BCUT2D eigenvalue weighted by Crippen LogP contribution is -2.33. The number of phenols is 1.